The summed E-state index contributed by atoms with van der Waals surface area (Å²) in [6.07, 6.45) is 0.912. The van der Waals surface area contributed by atoms with Crippen LogP contribution >= 0.6 is 11.3 Å². The van der Waals surface area contributed by atoms with Crippen molar-refractivity contribution in [2.24, 2.45) is 0 Å². The first kappa shape index (κ1) is 14.5. The summed E-state index contributed by atoms with van der Waals surface area (Å²) < 4.78 is 0. The van der Waals surface area contributed by atoms with E-state index < -0.39 is 0 Å². The van der Waals surface area contributed by atoms with Gasteiger partial charge in [-0.1, -0.05) is 48.6 Å². The van der Waals surface area contributed by atoms with Gasteiger partial charge in [0.1, 0.15) is 5.01 Å². The van der Waals surface area contributed by atoms with E-state index in [1.165, 1.54) is 11.3 Å². The standard InChI is InChI=1S/C14H18N4OS/c1-3-9-18(10-12-7-5-4-6-8-12)14(19)15-13-17-16-11(2)20-13/h4-8H,3,9-10H2,1-2H3,(H,15,17,19). The molecule has 0 aliphatic heterocycles. The zero-order valence-electron chi connectivity index (χ0n) is 11.7. The number of hydrogen-bond donors (Lipinski definition) is 1. The zero-order chi connectivity index (χ0) is 14.4. The van der Waals surface area contributed by atoms with Crippen molar-refractivity contribution in [3.63, 3.8) is 0 Å². The van der Waals surface area contributed by atoms with Gasteiger partial charge in [0.15, 0.2) is 0 Å². The van der Waals surface area contributed by atoms with E-state index in [0.29, 0.717) is 18.2 Å². The second-order valence-corrected chi connectivity index (χ2v) is 5.65. The Morgan fingerprint density at radius 2 is 2.05 bits per heavy atom. The van der Waals surface area contributed by atoms with Gasteiger partial charge in [-0.05, 0) is 18.9 Å². The molecule has 0 bridgehead atoms. The van der Waals surface area contributed by atoms with Crippen LogP contribution in [0.25, 0.3) is 0 Å². The number of benzene rings is 1. The van der Waals surface area contributed by atoms with Gasteiger partial charge in [-0.15, -0.1) is 10.2 Å². The molecule has 106 valence electrons. The van der Waals surface area contributed by atoms with E-state index in [9.17, 15) is 4.79 Å². The Labute approximate surface area is 122 Å². The molecule has 20 heavy (non-hydrogen) atoms. The van der Waals surface area contributed by atoms with Gasteiger partial charge in [0.25, 0.3) is 0 Å². The largest absolute Gasteiger partial charge is 0.323 e. The molecular formula is C14H18N4OS. The number of amides is 2. The fraction of sp³-hybridized carbons (Fsp3) is 0.357. The average Bonchev–Trinajstić information content (AvgIpc) is 2.85. The molecule has 0 aliphatic carbocycles. The average molecular weight is 290 g/mol. The summed E-state index contributed by atoms with van der Waals surface area (Å²) in [5.74, 6) is 0. The van der Waals surface area contributed by atoms with Crippen LogP contribution in [0.4, 0.5) is 9.93 Å². The fourth-order valence-electron chi connectivity index (χ4n) is 1.84. The molecule has 2 rings (SSSR count). The Kier molecular flexibility index (Phi) is 5.06. The van der Waals surface area contributed by atoms with E-state index in [2.05, 4.69) is 22.4 Å². The van der Waals surface area contributed by atoms with Crippen LogP contribution in [-0.2, 0) is 6.54 Å². The molecule has 1 aromatic heterocycles. The molecule has 0 unspecified atom stereocenters. The molecule has 6 heteroatoms. The van der Waals surface area contributed by atoms with Crippen LogP contribution in [0.3, 0.4) is 0 Å². The van der Waals surface area contributed by atoms with Crippen LogP contribution in [0.2, 0.25) is 0 Å². The third kappa shape index (κ3) is 4.03. The first-order chi connectivity index (χ1) is 9.69. The summed E-state index contributed by atoms with van der Waals surface area (Å²) in [5.41, 5.74) is 1.12. The van der Waals surface area contributed by atoms with Gasteiger partial charge in [-0.25, -0.2) is 4.79 Å². The second-order valence-electron chi connectivity index (χ2n) is 4.46. The van der Waals surface area contributed by atoms with Crippen molar-refractivity contribution in [1.29, 1.82) is 0 Å². The molecule has 0 fully saturated rings. The minimum Gasteiger partial charge on any atom is -0.320 e. The molecule has 2 aromatic rings. The number of nitrogens with one attached hydrogen (secondary N) is 1. The van der Waals surface area contributed by atoms with Crippen LogP contribution in [-0.4, -0.2) is 27.7 Å². The van der Waals surface area contributed by atoms with Gasteiger partial charge in [-0.2, -0.15) is 0 Å². The molecule has 0 saturated heterocycles. The van der Waals surface area contributed by atoms with E-state index in [1.807, 2.05) is 37.3 Å². The number of anilines is 1. The molecule has 0 atom stereocenters. The van der Waals surface area contributed by atoms with Crippen molar-refractivity contribution < 1.29 is 4.79 Å². The van der Waals surface area contributed by atoms with Crippen LogP contribution in [0, 0.1) is 6.92 Å². The highest BCUT2D eigenvalue weighted by molar-refractivity contribution is 7.15. The van der Waals surface area contributed by atoms with Crippen molar-refractivity contribution >= 4 is 22.5 Å². The van der Waals surface area contributed by atoms with Gasteiger partial charge < -0.3 is 4.90 Å². The highest BCUT2D eigenvalue weighted by atomic mass is 32.1. The predicted octanol–water partition coefficient (Wildman–Crippen LogP) is 3.29. The maximum Gasteiger partial charge on any atom is 0.323 e. The summed E-state index contributed by atoms with van der Waals surface area (Å²) >= 11 is 1.38. The fourth-order valence-corrected chi connectivity index (χ4v) is 2.43. The molecule has 0 saturated carbocycles. The number of carbonyl (C=O) groups excluding carboxylic acids is 1. The number of rotatable bonds is 5. The molecule has 0 aliphatic rings. The summed E-state index contributed by atoms with van der Waals surface area (Å²) in [7, 11) is 0. The summed E-state index contributed by atoms with van der Waals surface area (Å²) in [4.78, 5) is 14.1. The number of aromatic nitrogens is 2. The summed E-state index contributed by atoms with van der Waals surface area (Å²) in [6.45, 7) is 5.22. The first-order valence-corrected chi connectivity index (χ1v) is 7.40. The predicted molar refractivity (Wildman–Crippen MR) is 80.8 cm³/mol. The van der Waals surface area contributed by atoms with Crippen molar-refractivity contribution in [3.05, 3.63) is 40.9 Å². The van der Waals surface area contributed by atoms with Crippen molar-refractivity contribution in [3.8, 4) is 0 Å². The Morgan fingerprint density at radius 3 is 2.65 bits per heavy atom. The van der Waals surface area contributed by atoms with E-state index in [4.69, 9.17) is 0 Å². The Bertz CT molecular complexity index is 555. The van der Waals surface area contributed by atoms with Crippen LogP contribution in [0.5, 0.6) is 0 Å². The lowest BCUT2D eigenvalue weighted by Gasteiger charge is -2.21. The van der Waals surface area contributed by atoms with Gasteiger partial charge in [0, 0.05) is 13.1 Å². The minimum atomic E-state index is -0.133. The van der Waals surface area contributed by atoms with Crippen LogP contribution in [0.15, 0.2) is 30.3 Å². The van der Waals surface area contributed by atoms with E-state index in [0.717, 1.165) is 17.0 Å². The molecule has 5 nitrogen and oxygen atoms in total. The van der Waals surface area contributed by atoms with Crippen molar-refractivity contribution in [1.82, 2.24) is 15.1 Å². The lowest BCUT2D eigenvalue weighted by molar-refractivity contribution is 0.209. The molecule has 0 radical (unpaired) electrons. The first-order valence-electron chi connectivity index (χ1n) is 6.59. The third-order valence-electron chi connectivity index (χ3n) is 2.74. The SMILES string of the molecule is CCCN(Cc1ccccc1)C(=O)Nc1nnc(C)s1. The lowest BCUT2D eigenvalue weighted by Crippen LogP contribution is -2.35. The van der Waals surface area contributed by atoms with Crippen molar-refractivity contribution in [2.45, 2.75) is 26.8 Å². The Hall–Kier alpha value is -1.95. The van der Waals surface area contributed by atoms with Crippen LogP contribution in [0.1, 0.15) is 23.9 Å². The maximum atomic E-state index is 12.3. The van der Waals surface area contributed by atoms with Crippen molar-refractivity contribution in [2.75, 3.05) is 11.9 Å². The molecule has 1 N–H and O–H groups in total. The number of aryl methyl sites for hydroxylation is 1. The third-order valence-corrected chi connectivity index (χ3v) is 3.49. The van der Waals surface area contributed by atoms with E-state index >= 15 is 0 Å². The summed E-state index contributed by atoms with van der Waals surface area (Å²) in [6, 6.07) is 9.83. The van der Waals surface area contributed by atoms with Gasteiger partial charge in [0.05, 0.1) is 0 Å². The monoisotopic (exact) mass is 290 g/mol. The minimum absolute atomic E-state index is 0.133. The number of urea groups is 1. The number of nitrogens with zero attached hydrogens (tertiary/aromatic N) is 3. The highest BCUT2D eigenvalue weighted by Gasteiger charge is 2.14. The number of hydrogen-bond acceptors (Lipinski definition) is 4. The lowest BCUT2D eigenvalue weighted by atomic mass is 10.2. The maximum absolute atomic E-state index is 12.3. The molecule has 2 amide bonds. The highest BCUT2D eigenvalue weighted by Crippen LogP contribution is 2.15. The molecule has 1 aromatic carbocycles. The molecular weight excluding hydrogens is 272 g/mol. The van der Waals surface area contributed by atoms with Gasteiger partial charge in [-0.3, -0.25) is 5.32 Å². The second kappa shape index (κ2) is 7.00. The Morgan fingerprint density at radius 1 is 1.30 bits per heavy atom. The summed E-state index contributed by atoms with van der Waals surface area (Å²) in [5, 5.41) is 12.0. The Balaban J connectivity index is 2.02. The van der Waals surface area contributed by atoms with E-state index in [-0.39, 0.29) is 6.03 Å². The van der Waals surface area contributed by atoms with Gasteiger partial charge >= 0.3 is 6.03 Å². The van der Waals surface area contributed by atoms with E-state index in [1.54, 1.807) is 4.90 Å². The molecule has 1 heterocycles. The molecule has 0 spiro atoms. The topological polar surface area (TPSA) is 58.1 Å². The quantitative estimate of drug-likeness (QED) is 0.919. The zero-order valence-corrected chi connectivity index (χ0v) is 12.5. The smallest absolute Gasteiger partial charge is 0.320 e. The normalized spacial score (nSPS) is 10.3. The number of carbonyl (C=O) groups is 1. The van der Waals surface area contributed by atoms with Gasteiger partial charge in [0.2, 0.25) is 5.13 Å². The van der Waals surface area contributed by atoms with Crippen LogP contribution < -0.4 is 5.32 Å².